The lowest BCUT2D eigenvalue weighted by atomic mass is 9.88. The first-order valence-electron chi connectivity index (χ1n) is 7.29. The molecule has 1 N–H and O–H groups in total. The van der Waals surface area contributed by atoms with Crippen LogP contribution in [-0.2, 0) is 6.42 Å². The molecule has 3 nitrogen and oxygen atoms in total. The van der Waals surface area contributed by atoms with Crippen LogP contribution in [0.25, 0.3) is 0 Å². The molecule has 1 heterocycles. The molecule has 0 saturated heterocycles. The Bertz CT molecular complexity index is 614. The van der Waals surface area contributed by atoms with E-state index >= 15 is 0 Å². The molecule has 21 heavy (non-hydrogen) atoms. The van der Waals surface area contributed by atoms with Gasteiger partial charge in [0.05, 0.1) is 5.56 Å². The first kappa shape index (κ1) is 15.2. The van der Waals surface area contributed by atoms with Crippen molar-refractivity contribution in [2.45, 2.75) is 25.7 Å². The molecule has 108 valence electrons. The smallest absolute Gasteiger partial charge is 0.101 e. The molecule has 0 saturated carbocycles. The van der Waals surface area contributed by atoms with Gasteiger partial charge in [-0.25, -0.2) is 0 Å². The third-order valence-electron chi connectivity index (χ3n) is 3.73. The number of rotatable bonds is 6. The highest BCUT2D eigenvalue weighted by molar-refractivity contribution is 5.38. The number of aromatic nitrogens is 1. The highest BCUT2D eigenvalue weighted by Gasteiger charge is 2.14. The topological polar surface area (TPSA) is 48.7 Å². The maximum absolute atomic E-state index is 9.27. The predicted octanol–water partition coefficient (Wildman–Crippen LogP) is 3.20. The van der Waals surface area contributed by atoms with Crippen LogP contribution in [0.2, 0.25) is 0 Å². The van der Waals surface area contributed by atoms with Gasteiger partial charge in [0.25, 0.3) is 0 Å². The Labute approximate surface area is 126 Å². The minimum atomic E-state index is 0.410. The first-order valence-corrected chi connectivity index (χ1v) is 7.29. The van der Waals surface area contributed by atoms with Crippen molar-refractivity contribution in [3.8, 4) is 6.07 Å². The molecule has 0 aliphatic carbocycles. The van der Waals surface area contributed by atoms with E-state index in [9.17, 15) is 5.26 Å². The van der Waals surface area contributed by atoms with E-state index in [1.807, 2.05) is 26.1 Å². The summed E-state index contributed by atoms with van der Waals surface area (Å²) in [4.78, 5) is 4.22. The third-order valence-corrected chi connectivity index (χ3v) is 3.73. The van der Waals surface area contributed by atoms with Gasteiger partial charge in [-0.2, -0.15) is 5.26 Å². The van der Waals surface area contributed by atoms with Crippen LogP contribution in [0, 0.1) is 18.3 Å². The largest absolute Gasteiger partial charge is 0.320 e. The summed E-state index contributed by atoms with van der Waals surface area (Å²) in [5.41, 5.74) is 4.07. The number of nitrogens with one attached hydrogen (secondary N) is 1. The molecular formula is C18H21N3. The zero-order valence-electron chi connectivity index (χ0n) is 12.6. The number of hydrogen-bond acceptors (Lipinski definition) is 3. The van der Waals surface area contributed by atoms with Gasteiger partial charge < -0.3 is 5.32 Å². The summed E-state index contributed by atoms with van der Waals surface area (Å²) in [7, 11) is 1.97. The normalized spacial score (nSPS) is 11.9. The highest BCUT2D eigenvalue weighted by Crippen LogP contribution is 2.25. The number of nitrogens with zero attached hydrogens (tertiary/aromatic N) is 2. The van der Waals surface area contributed by atoms with Crippen LogP contribution >= 0.6 is 0 Å². The second-order valence-corrected chi connectivity index (χ2v) is 5.30. The molecule has 0 radical (unpaired) electrons. The summed E-state index contributed by atoms with van der Waals surface area (Å²) in [5.74, 6) is 0.410. The van der Waals surface area contributed by atoms with Gasteiger partial charge in [0.15, 0.2) is 0 Å². The van der Waals surface area contributed by atoms with E-state index in [1.54, 1.807) is 6.20 Å². The van der Waals surface area contributed by atoms with Crippen LogP contribution in [0.3, 0.4) is 0 Å². The maximum Gasteiger partial charge on any atom is 0.101 e. The molecule has 0 spiro atoms. The third kappa shape index (κ3) is 4.14. The summed E-state index contributed by atoms with van der Waals surface area (Å²) in [6.45, 7) is 2.93. The molecule has 0 fully saturated rings. The SMILES string of the molecule is CNCCC(Cc1cc(C)ncc1C#N)c1ccccc1. The van der Waals surface area contributed by atoms with Crippen molar-refractivity contribution in [1.29, 1.82) is 5.26 Å². The van der Waals surface area contributed by atoms with Crippen molar-refractivity contribution in [3.63, 3.8) is 0 Å². The number of nitriles is 1. The Hall–Kier alpha value is -2.18. The van der Waals surface area contributed by atoms with Crippen LogP contribution in [0.5, 0.6) is 0 Å². The molecule has 2 aromatic rings. The van der Waals surface area contributed by atoms with Crippen LogP contribution in [-0.4, -0.2) is 18.6 Å². The fourth-order valence-electron chi connectivity index (χ4n) is 2.58. The fraction of sp³-hybridized carbons (Fsp3) is 0.333. The van der Waals surface area contributed by atoms with Crippen molar-refractivity contribution in [2.75, 3.05) is 13.6 Å². The zero-order chi connectivity index (χ0) is 15.1. The molecule has 1 aromatic carbocycles. The quantitative estimate of drug-likeness (QED) is 0.883. The van der Waals surface area contributed by atoms with Gasteiger partial charge in [0.1, 0.15) is 6.07 Å². The second kappa shape index (κ2) is 7.56. The number of benzene rings is 1. The van der Waals surface area contributed by atoms with Gasteiger partial charge in [-0.1, -0.05) is 30.3 Å². The highest BCUT2D eigenvalue weighted by atomic mass is 14.8. The molecule has 0 aliphatic heterocycles. The van der Waals surface area contributed by atoms with Gasteiger partial charge in [-0.3, -0.25) is 4.98 Å². The monoisotopic (exact) mass is 279 g/mol. The number of hydrogen-bond donors (Lipinski definition) is 1. The van der Waals surface area contributed by atoms with Gasteiger partial charge in [0, 0.05) is 11.9 Å². The Balaban J connectivity index is 2.27. The van der Waals surface area contributed by atoms with E-state index in [2.05, 4.69) is 40.6 Å². The summed E-state index contributed by atoms with van der Waals surface area (Å²) in [6.07, 6.45) is 3.61. The van der Waals surface area contributed by atoms with Gasteiger partial charge >= 0.3 is 0 Å². The van der Waals surface area contributed by atoms with E-state index < -0.39 is 0 Å². The van der Waals surface area contributed by atoms with Gasteiger partial charge in [0.2, 0.25) is 0 Å². The Morgan fingerprint density at radius 3 is 2.71 bits per heavy atom. The van der Waals surface area contributed by atoms with E-state index in [4.69, 9.17) is 0 Å². The number of aryl methyl sites for hydroxylation is 1. The number of pyridine rings is 1. The average molecular weight is 279 g/mol. The summed E-state index contributed by atoms with van der Waals surface area (Å²) in [6, 6.07) is 14.8. The van der Waals surface area contributed by atoms with Crippen molar-refractivity contribution in [2.24, 2.45) is 0 Å². The lowest BCUT2D eigenvalue weighted by Crippen LogP contribution is -2.14. The summed E-state index contributed by atoms with van der Waals surface area (Å²) >= 11 is 0. The van der Waals surface area contributed by atoms with Crippen LogP contribution in [0.15, 0.2) is 42.6 Å². The first-order chi connectivity index (χ1) is 10.2. The predicted molar refractivity (Wildman–Crippen MR) is 85.1 cm³/mol. The molecule has 0 amide bonds. The van der Waals surface area contributed by atoms with Crippen molar-refractivity contribution < 1.29 is 0 Å². The van der Waals surface area contributed by atoms with E-state index in [0.29, 0.717) is 11.5 Å². The zero-order valence-corrected chi connectivity index (χ0v) is 12.6. The van der Waals surface area contributed by atoms with Gasteiger partial charge in [-0.05, 0) is 56.5 Å². The summed E-state index contributed by atoms with van der Waals surface area (Å²) in [5, 5.41) is 12.5. The lowest BCUT2D eigenvalue weighted by molar-refractivity contribution is 0.592. The van der Waals surface area contributed by atoms with Crippen LogP contribution < -0.4 is 5.32 Å². The summed E-state index contributed by atoms with van der Waals surface area (Å²) < 4.78 is 0. The van der Waals surface area contributed by atoms with Crippen molar-refractivity contribution in [1.82, 2.24) is 10.3 Å². The lowest BCUT2D eigenvalue weighted by Gasteiger charge is -2.18. The van der Waals surface area contributed by atoms with Crippen molar-refractivity contribution >= 4 is 0 Å². The Kier molecular flexibility index (Phi) is 5.48. The van der Waals surface area contributed by atoms with Crippen LogP contribution in [0.4, 0.5) is 0 Å². The second-order valence-electron chi connectivity index (χ2n) is 5.30. The molecule has 1 unspecified atom stereocenters. The maximum atomic E-state index is 9.27. The average Bonchev–Trinajstić information content (AvgIpc) is 2.52. The van der Waals surface area contributed by atoms with Crippen molar-refractivity contribution in [3.05, 3.63) is 65.0 Å². The molecule has 3 heteroatoms. The van der Waals surface area contributed by atoms with Gasteiger partial charge in [-0.15, -0.1) is 0 Å². The molecule has 1 atom stereocenters. The Morgan fingerprint density at radius 1 is 1.29 bits per heavy atom. The van der Waals surface area contributed by atoms with E-state index in [-0.39, 0.29) is 0 Å². The molecule has 0 aliphatic rings. The molecule has 2 rings (SSSR count). The Morgan fingerprint density at radius 2 is 2.05 bits per heavy atom. The standard InChI is InChI=1S/C18H21N3/c1-14-10-17(18(12-19)13-21-14)11-16(8-9-20-2)15-6-4-3-5-7-15/h3-7,10,13,16,20H,8-9,11H2,1-2H3. The molecular weight excluding hydrogens is 258 g/mol. The molecule has 1 aromatic heterocycles. The van der Waals surface area contributed by atoms with E-state index in [0.717, 1.165) is 30.6 Å². The van der Waals surface area contributed by atoms with E-state index in [1.165, 1.54) is 5.56 Å². The molecule has 0 bridgehead atoms. The minimum absolute atomic E-state index is 0.410. The van der Waals surface area contributed by atoms with Crippen LogP contribution in [0.1, 0.15) is 34.7 Å². The fourth-order valence-corrected chi connectivity index (χ4v) is 2.58. The minimum Gasteiger partial charge on any atom is -0.320 e.